The topological polar surface area (TPSA) is 96.7 Å². The van der Waals surface area contributed by atoms with E-state index in [4.69, 9.17) is 0 Å². The summed E-state index contributed by atoms with van der Waals surface area (Å²) in [5.41, 5.74) is 1.22. The second-order valence-corrected chi connectivity index (χ2v) is 6.31. The Morgan fingerprint density at radius 3 is 2.70 bits per heavy atom. The van der Waals surface area contributed by atoms with Crippen molar-refractivity contribution < 1.29 is 14.4 Å². The van der Waals surface area contributed by atoms with Crippen LogP contribution in [0.25, 0.3) is 0 Å². The largest absolute Gasteiger partial charge is 0.337 e. The molecule has 27 heavy (non-hydrogen) atoms. The highest BCUT2D eigenvalue weighted by atomic mass is 16.2. The molecule has 1 fully saturated rings. The number of carbonyl (C=O) groups excluding carboxylic acids is 3. The number of urea groups is 1. The van der Waals surface area contributed by atoms with E-state index in [2.05, 4.69) is 15.3 Å². The predicted octanol–water partition coefficient (Wildman–Crippen LogP) is 1.63. The number of aryl methyl sites for hydroxylation is 1. The zero-order chi connectivity index (χ0) is 19.2. The van der Waals surface area contributed by atoms with E-state index in [-0.39, 0.29) is 6.54 Å². The van der Waals surface area contributed by atoms with Crippen molar-refractivity contribution in [2.24, 2.45) is 10.9 Å². The molecule has 1 N–H and O–H groups in total. The van der Waals surface area contributed by atoms with Crippen LogP contribution in [0.4, 0.5) is 4.79 Å². The van der Waals surface area contributed by atoms with Crippen molar-refractivity contribution in [1.29, 1.82) is 0 Å². The Kier molecular flexibility index (Phi) is 5.75. The van der Waals surface area contributed by atoms with E-state index in [1.165, 1.54) is 0 Å². The van der Waals surface area contributed by atoms with Gasteiger partial charge in [0.15, 0.2) is 5.92 Å². The summed E-state index contributed by atoms with van der Waals surface area (Å²) in [5.74, 6) is -2.23. The number of amides is 4. The Balaban J connectivity index is 1.65. The minimum Gasteiger partial charge on any atom is -0.337 e. The van der Waals surface area contributed by atoms with E-state index in [1.54, 1.807) is 19.4 Å². The minimum absolute atomic E-state index is 0.114. The molecule has 0 radical (unpaired) electrons. The first-order valence-electron chi connectivity index (χ1n) is 8.73. The molecule has 4 amide bonds. The lowest BCUT2D eigenvalue weighted by Gasteiger charge is -2.30. The summed E-state index contributed by atoms with van der Waals surface area (Å²) in [6, 6.07) is 8.47. The van der Waals surface area contributed by atoms with Crippen molar-refractivity contribution >= 4 is 23.6 Å². The van der Waals surface area contributed by atoms with Crippen LogP contribution in [0.3, 0.4) is 0 Å². The zero-order valence-electron chi connectivity index (χ0n) is 15.0. The van der Waals surface area contributed by atoms with Crippen molar-refractivity contribution in [1.82, 2.24) is 19.8 Å². The Morgan fingerprint density at radius 2 is 2.00 bits per heavy atom. The van der Waals surface area contributed by atoms with Crippen molar-refractivity contribution in [2.45, 2.75) is 26.4 Å². The van der Waals surface area contributed by atoms with Crippen molar-refractivity contribution in [3.8, 4) is 0 Å². The molecule has 0 spiro atoms. The number of barbiturate groups is 1. The van der Waals surface area contributed by atoms with Crippen LogP contribution in [0.1, 0.15) is 18.9 Å². The van der Waals surface area contributed by atoms with Gasteiger partial charge >= 0.3 is 6.03 Å². The molecule has 8 heteroatoms. The Morgan fingerprint density at radius 1 is 1.22 bits per heavy atom. The number of imide groups is 2. The lowest BCUT2D eigenvalue weighted by molar-refractivity contribution is -0.139. The molecule has 1 aromatic carbocycles. The van der Waals surface area contributed by atoms with Gasteiger partial charge in [0.2, 0.25) is 11.8 Å². The van der Waals surface area contributed by atoms with Crippen molar-refractivity contribution in [2.75, 3.05) is 6.54 Å². The smallest absolute Gasteiger partial charge is 0.331 e. The fourth-order valence-corrected chi connectivity index (χ4v) is 2.92. The zero-order valence-corrected chi connectivity index (χ0v) is 15.0. The van der Waals surface area contributed by atoms with E-state index in [0.29, 0.717) is 12.3 Å². The van der Waals surface area contributed by atoms with Crippen LogP contribution < -0.4 is 5.32 Å². The molecule has 0 saturated carbocycles. The summed E-state index contributed by atoms with van der Waals surface area (Å²) >= 11 is 0. The van der Waals surface area contributed by atoms with E-state index >= 15 is 0 Å². The number of hydrogen-bond donors (Lipinski definition) is 1. The van der Waals surface area contributed by atoms with Gasteiger partial charge in [0, 0.05) is 31.2 Å². The number of nitrogens with zero attached hydrogens (tertiary/aromatic N) is 4. The maximum absolute atomic E-state index is 12.8. The Labute approximate surface area is 156 Å². The van der Waals surface area contributed by atoms with Crippen LogP contribution in [0.2, 0.25) is 0 Å². The highest BCUT2D eigenvalue weighted by molar-refractivity contribution is 6.27. The summed E-state index contributed by atoms with van der Waals surface area (Å²) in [4.78, 5) is 46.5. The Hall–Kier alpha value is -3.29. The van der Waals surface area contributed by atoms with E-state index < -0.39 is 23.8 Å². The molecule has 2 aromatic rings. The number of carbonyl (C=O) groups is 3. The normalized spacial score (nSPS) is 18.0. The molecule has 1 saturated heterocycles. The third-order valence-electron chi connectivity index (χ3n) is 4.35. The van der Waals surface area contributed by atoms with Gasteiger partial charge in [-0.25, -0.2) is 9.78 Å². The molecule has 0 bridgehead atoms. The van der Waals surface area contributed by atoms with Gasteiger partial charge in [-0.1, -0.05) is 30.3 Å². The lowest BCUT2D eigenvalue weighted by Crippen LogP contribution is -2.59. The first-order chi connectivity index (χ1) is 13.1. The van der Waals surface area contributed by atoms with Gasteiger partial charge in [0.25, 0.3) is 0 Å². The average Bonchev–Trinajstić information content (AvgIpc) is 3.16. The molecule has 1 unspecified atom stereocenters. The lowest BCUT2D eigenvalue weighted by atomic mass is 9.99. The van der Waals surface area contributed by atoms with Crippen LogP contribution in [0, 0.1) is 5.92 Å². The van der Waals surface area contributed by atoms with E-state index in [1.807, 2.05) is 41.1 Å². The number of rotatable bonds is 7. The summed E-state index contributed by atoms with van der Waals surface area (Å²) in [6.45, 7) is 2.99. The third-order valence-corrected chi connectivity index (χ3v) is 4.35. The van der Waals surface area contributed by atoms with Crippen LogP contribution in [-0.2, 0) is 22.7 Å². The number of benzene rings is 1. The molecule has 2 heterocycles. The Bertz CT molecular complexity index is 845. The molecule has 140 valence electrons. The quantitative estimate of drug-likeness (QED) is 0.457. The van der Waals surface area contributed by atoms with Gasteiger partial charge in [-0.3, -0.25) is 24.8 Å². The second kappa shape index (κ2) is 8.39. The fraction of sp³-hybridized carbons (Fsp3) is 0.316. The molecular formula is C19H21N5O3. The van der Waals surface area contributed by atoms with Crippen molar-refractivity contribution in [3.63, 3.8) is 0 Å². The molecule has 1 aliphatic rings. The summed E-state index contributed by atoms with van der Waals surface area (Å²) in [7, 11) is 0. The molecule has 8 nitrogen and oxygen atoms in total. The van der Waals surface area contributed by atoms with E-state index in [9.17, 15) is 14.4 Å². The minimum atomic E-state index is -1.07. The van der Waals surface area contributed by atoms with Crippen LogP contribution >= 0.6 is 0 Å². The molecular weight excluding hydrogens is 346 g/mol. The van der Waals surface area contributed by atoms with Gasteiger partial charge in [0.05, 0.1) is 12.9 Å². The summed E-state index contributed by atoms with van der Waals surface area (Å²) in [6.07, 6.45) is 6.05. The van der Waals surface area contributed by atoms with Crippen LogP contribution in [0.5, 0.6) is 0 Å². The molecule has 1 aromatic heterocycles. The van der Waals surface area contributed by atoms with E-state index in [0.717, 1.165) is 23.4 Å². The highest BCUT2D eigenvalue weighted by Crippen LogP contribution is 2.16. The first kappa shape index (κ1) is 18.5. The summed E-state index contributed by atoms with van der Waals surface area (Å²) < 4.78 is 1.93. The van der Waals surface area contributed by atoms with Gasteiger partial charge in [-0.15, -0.1) is 0 Å². The molecule has 0 aliphatic carbocycles. The van der Waals surface area contributed by atoms with Gasteiger partial charge in [0.1, 0.15) is 0 Å². The van der Waals surface area contributed by atoms with Gasteiger partial charge in [-0.05, 0) is 18.9 Å². The molecule has 1 atom stereocenters. The number of aromatic nitrogens is 2. The number of nitrogens with one attached hydrogen (secondary N) is 1. The number of imidazole rings is 1. The fourth-order valence-electron chi connectivity index (χ4n) is 2.92. The van der Waals surface area contributed by atoms with Crippen molar-refractivity contribution in [3.05, 3.63) is 54.6 Å². The molecule has 3 rings (SSSR count). The van der Waals surface area contributed by atoms with Crippen LogP contribution in [-0.4, -0.2) is 44.6 Å². The highest BCUT2D eigenvalue weighted by Gasteiger charge is 2.41. The second-order valence-electron chi connectivity index (χ2n) is 6.31. The maximum atomic E-state index is 12.8. The SMILES string of the molecule is CC(=NCCCn1ccnc1)C1C(=O)NC(=O)N(Cc2ccccc2)C1=O. The van der Waals surface area contributed by atoms with Crippen LogP contribution in [0.15, 0.2) is 54.0 Å². The van der Waals surface area contributed by atoms with Gasteiger partial charge in [-0.2, -0.15) is 0 Å². The summed E-state index contributed by atoms with van der Waals surface area (Å²) in [5, 5.41) is 2.26. The standard InChI is InChI=1S/C19H21N5O3/c1-14(21-8-5-10-23-11-9-20-13-23)16-17(25)22-19(27)24(18(16)26)12-15-6-3-2-4-7-15/h2-4,6-7,9,11,13,16H,5,8,10,12H2,1H3,(H,22,25,27). The average molecular weight is 367 g/mol. The molecule has 1 aliphatic heterocycles. The van der Waals surface area contributed by atoms with Gasteiger partial charge < -0.3 is 4.57 Å². The predicted molar refractivity (Wildman–Crippen MR) is 98.8 cm³/mol. The monoisotopic (exact) mass is 367 g/mol. The number of aliphatic imine (C=N–C) groups is 1. The third kappa shape index (κ3) is 4.46. The first-order valence-corrected chi connectivity index (χ1v) is 8.73. The number of hydrogen-bond acceptors (Lipinski definition) is 5. The maximum Gasteiger partial charge on any atom is 0.331 e.